The number of carbonyl (C=O) groups excluding carboxylic acids is 1. The highest BCUT2D eigenvalue weighted by Crippen LogP contribution is 2.18. The van der Waals surface area contributed by atoms with Gasteiger partial charge in [-0.05, 0) is 23.9 Å². The minimum Gasteiger partial charge on any atom is -0.352 e. The molecule has 0 bridgehead atoms. The maximum Gasteiger partial charge on any atom is 0.252 e. The topological polar surface area (TPSA) is 80.0 Å². The lowest BCUT2D eigenvalue weighted by Crippen LogP contribution is -2.25. The number of nitrogens with zero attached hydrogens (tertiary/aromatic N) is 1. The first-order valence-electron chi connectivity index (χ1n) is 5.63. The van der Waals surface area contributed by atoms with E-state index in [2.05, 4.69) is 15.7 Å². The number of amides is 1. The number of nitrogens with two attached hydrogens (primary N) is 1. The SMILES string of the molecule is NNc1ncc(C(=O)NCCc2cccs2)cc1Cl. The van der Waals surface area contributed by atoms with Crippen LogP contribution in [0.2, 0.25) is 5.02 Å². The minimum atomic E-state index is -0.200. The minimum absolute atomic E-state index is 0.200. The number of nitrogen functional groups attached to an aromatic ring is 1. The molecule has 0 aromatic carbocycles. The fraction of sp³-hybridized carbons (Fsp3) is 0.167. The van der Waals surface area contributed by atoms with Gasteiger partial charge in [0.25, 0.3) is 5.91 Å². The van der Waals surface area contributed by atoms with Crippen molar-refractivity contribution >= 4 is 34.7 Å². The molecule has 5 nitrogen and oxygen atoms in total. The van der Waals surface area contributed by atoms with E-state index in [-0.39, 0.29) is 5.91 Å². The van der Waals surface area contributed by atoms with E-state index >= 15 is 0 Å². The molecule has 0 saturated carbocycles. The van der Waals surface area contributed by atoms with E-state index in [4.69, 9.17) is 17.4 Å². The zero-order chi connectivity index (χ0) is 13.7. The summed E-state index contributed by atoms with van der Waals surface area (Å²) < 4.78 is 0. The predicted octanol–water partition coefficient (Wildman–Crippen LogP) is 2.05. The molecule has 0 radical (unpaired) electrons. The first-order chi connectivity index (χ1) is 9.20. The number of hydrogen-bond donors (Lipinski definition) is 3. The molecule has 0 saturated heterocycles. The molecule has 0 aliphatic rings. The van der Waals surface area contributed by atoms with Gasteiger partial charge in [-0.1, -0.05) is 17.7 Å². The van der Waals surface area contributed by atoms with Crippen molar-refractivity contribution in [2.24, 2.45) is 5.84 Å². The highest BCUT2D eigenvalue weighted by Gasteiger charge is 2.09. The Balaban J connectivity index is 1.91. The number of thiophene rings is 1. The van der Waals surface area contributed by atoms with Gasteiger partial charge < -0.3 is 10.7 Å². The molecule has 2 heterocycles. The van der Waals surface area contributed by atoms with Gasteiger partial charge in [-0.2, -0.15) is 0 Å². The lowest BCUT2D eigenvalue weighted by atomic mass is 10.2. The van der Waals surface area contributed by atoms with Crippen LogP contribution >= 0.6 is 22.9 Å². The maximum absolute atomic E-state index is 11.9. The molecule has 2 rings (SSSR count). The summed E-state index contributed by atoms with van der Waals surface area (Å²) in [6.45, 7) is 0.577. The van der Waals surface area contributed by atoms with Gasteiger partial charge in [-0.25, -0.2) is 10.8 Å². The molecule has 0 unspecified atom stereocenters. The van der Waals surface area contributed by atoms with E-state index in [1.54, 1.807) is 11.3 Å². The average Bonchev–Trinajstić information content (AvgIpc) is 2.91. The molecular formula is C12H13ClN4OS. The van der Waals surface area contributed by atoms with Crippen LogP contribution in [-0.4, -0.2) is 17.4 Å². The van der Waals surface area contributed by atoms with Crippen LogP contribution in [0.15, 0.2) is 29.8 Å². The van der Waals surface area contributed by atoms with Crippen LogP contribution in [0.4, 0.5) is 5.82 Å². The lowest BCUT2D eigenvalue weighted by Gasteiger charge is -2.06. The first-order valence-corrected chi connectivity index (χ1v) is 6.89. The van der Waals surface area contributed by atoms with Crippen molar-refractivity contribution < 1.29 is 4.79 Å². The maximum atomic E-state index is 11.9. The standard InChI is InChI=1S/C12H13ClN4OS/c13-10-6-8(7-16-11(10)17-14)12(18)15-4-3-9-2-1-5-19-9/h1-2,5-7H,3-4,14H2,(H,15,18)(H,16,17). The number of carbonyl (C=O) groups is 1. The monoisotopic (exact) mass is 296 g/mol. The van der Waals surface area contributed by atoms with E-state index in [9.17, 15) is 4.79 Å². The molecule has 7 heteroatoms. The Bertz CT molecular complexity index is 559. The summed E-state index contributed by atoms with van der Waals surface area (Å²) in [6.07, 6.45) is 2.24. The summed E-state index contributed by atoms with van der Waals surface area (Å²) in [6, 6.07) is 5.56. The molecule has 0 aliphatic heterocycles. The summed E-state index contributed by atoms with van der Waals surface area (Å²) >= 11 is 7.58. The van der Waals surface area contributed by atoms with E-state index in [1.807, 2.05) is 17.5 Å². The predicted molar refractivity (Wildman–Crippen MR) is 77.4 cm³/mol. The summed E-state index contributed by atoms with van der Waals surface area (Å²) in [5.41, 5.74) is 2.76. The van der Waals surface area contributed by atoms with Gasteiger partial charge in [-0.15, -0.1) is 11.3 Å². The fourth-order valence-electron chi connectivity index (χ4n) is 1.52. The van der Waals surface area contributed by atoms with Gasteiger partial charge in [0.1, 0.15) is 0 Å². The molecule has 2 aromatic heterocycles. The average molecular weight is 297 g/mol. The first kappa shape index (κ1) is 13.8. The quantitative estimate of drug-likeness (QED) is 0.583. The Hall–Kier alpha value is -1.63. The third kappa shape index (κ3) is 3.66. The summed E-state index contributed by atoms with van der Waals surface area (Å²) in [4.78, 5) is 17.1. The Kier molecular flexibility index (Phi) is 4.73. The van der Waals surface area contributed by atoms with Crippen molar-refractivity contribution in [2.45, 2.75) is 6.42 Å². The molecule has 0 aliphatic carbocycles. The molecule has 100 valence electrons. The lowest BCUT2D eigenvalue weighted by molar-refractivity contribution is 0.0954. The highest BCUT2D eigenvalue weighted by atomic mass is 35.5. The number of hydrazine groups is 1. The van der Waals surface area contributed by atoms with Crippen molar-refractivity contribution in [3.8, 4) is 0 Å². The van der Waals surface area contributed by atoms with E-state index in [0.29, 0.717) is 22.9 Å². The van der Waals surface area contributed by atoms with Gasteiger partial charge in [0.05, 0.1) is 10.6 Å². The van der Waals surface area contributed by atoms with Gasteiger partial charge in [0, 0.05) is 17.6 Å². The summed E-state index contributed by atoms with van der Waals surface area (Å²) in [5, 5.41) is 5.15. The second-order valence-electron chi connectivity index (χ2n) is 3.78. The normalized spacial score (nSPS) is 10.2. The van der Waals surface area contributed by atoms with Crippen LogP contribution in [0, 0.1) is 0 Å². The molecule has 4 N–H and O–H groups in total. The molecule has 19 heavy (non-hydrogen) atoms. The number of halogens is 1. The number of anilines is 1. The smallest absolute Gasteiger partial charge is 0.252 e. The zero-order valence-corrected chi connectivity index (χ0v) is 11.6. The molecule has 1 amide bonds. The number of aromatic nitrogens is 1. The molecule has 0 fully saturated rings. The molecule has 0 atom stereocenters. The number of rotatable bonds is 5. The second-order valence-corrected chi connectivity index (χ2v) is 5.22. The third-order valence-electron chi connectivity index (χ3n) is 2.48. The fourth-order valence-corrected chi connectivity index (χ4v) is 2.45. The van der Waals surface area contributed by atoms with E-state index in [1.165, 1.54) is 17.1 Å². The highest BCUT2D eigenvalue weighted by molar-refractivity contribution is 7.09. The van der Waals surface area contributed by atoms with Crippen molar-refractivity contribution in [1.82, 2.24) is 10.3 Å². The van der Waals surface area contributed by atoms with E-state index < -0.39 is 0 Å². The third-order valence-corrected chi connectivity index (χ3v) is 3.70. The van der Waals surface area contributed by atoms with Gasteiger partial charge >= 0.3 is 0 Å². The summed E-state index contributed by atoms with van der Waals surface area (Å²) in [7, 11) is 0. The molecule has 2 aromatic rings. The Morgan fingerprint density at radius 1 is 1.53 bits per heavy atom. The van der Waals surface area contributed by atoms with Gasteiger partial charge in [0.2, 0.25) is 0 Å². The summed E-state index contributed by atoms with van der Waals surface area (Å²) in [5.74, 6) is 5.36. The Labute approximate surface area is 119 Å². The van der Waals surface area contributed by atoms with Crippen LogP contribution in [0.1, 0.15) is 15.2 Å². The molecular weight excluding hydrogens is 284 g/mol. The van der Waals surface area contributed by atoms with Crippen LogP contribution in [-0.2, 0) is 6.42 Å². The van der Waals surface area contributed by atoms with Crippen molar-refractivity contribution in [3.63, 3.8) is 0 Å². The van der Waals surface area contributed by atoms with Crippen LogP contribution in [0.5, 0.6) is 0 Å². The van der Waals surface area contributed by atoms with Crippen LogP contribution < -0.4 is 16.6 Å². The zero-order valence-electron chi connectivity index (χ0n) is 10.0. The van der Waals surface area contributed by atoms with Crippen molar-refractivity contribution in [1.29, 1.82) is 0 Å². The Morgan fingerprint density at radius 2 is 2.37 bits per heavy atom. The number of hydrogen-bond acceptors (Lipinski definition) is 5. The van der Waals surface area contributed by atoms with Gasteiger partial charge in [-0.3, -0.25) is 4.79 Å². The largest absolute Gasteiger partial charge is 0.352 e. The van der Waals surface area contributed by atoms with Gasteiger partial charge in [0.15, 0.2) is 5.82 Å². The van der Waals surface area contributed by atoms with Crippen molar-refractivity contribution in [3.05, 3.63) is 45.2 Å². The van der Waals surface area contributed by atoms with Crippen LogP contribution in [0.25, 0.3) is 0 Å². The second kappa shape index (κ2) is 6.51. The van der Waals surface area contributed by atoms with E-state index in [0.717, 1.165) is 6.42 Å². The van der Waals surface area contributed by atoms with Crippen LogP contribution in [0.3, 0.4) is 0 Å². The Morgan fingerprint density at radius 3 is 3.00 bits per heavy atom. The molecule has 0 spiro atoms. The number of nitrogens with one attached hydrogen (secondary N) is 2. The number of pyridine rings is 1. The van der Waals surface area contributed by atoms with Crippen molar-refractivity contribution in [2.75, 3.05) is 12.0 Å².